The van der Waals surface area contributed by atoms with Crippen molar-refractivity contribution in [3.8, 4) is 11.5 Å². The van der Waals surface area contributed by atoms with Gasteiger partial charge in [0.05, 0.1) is 37.1 Å². The third kappa shape index (κ3) is 5.16. The summed E-state index contributed by atoms with van der Waals surface area (Å²) in [6.45, 7) is 4.28. The van der Waals surface area contributed by atoms with Crippen LogP contribution in [-0.4, -0.2) is 71.9 Å². The number of carbonyl (C=O) groups excluding carboxylic acids is 3. The highest BCUT2D eigenvalue weighted by atomic mass is 16.5. The van der Waals surface area contributed by atoms with E-state index in [1.54, 1.807) is 14.7 Å². The van der Waals surface area contributed by atoms with Crippen molar-refractivity contribution in [2.24, 2.45) is 0 Å². The van der Waals surface area contributed by atoms with Crippen molar-refractivity contribution in [1.82, 2.24) is 20.0 Å². The lowest BCUT2D eigenvalue weighted by Gasteiger charge is -2.35. The van der Waals surface area contributed by atoms with E-state index in [1.807, 2.05) is 91.9 Å². The topological polar surface area (TPSA) is 91.4 Å². The second kappa shape index (κ2) is 11.5. The van der Waals surface area contributed by atoms with Gasteiger partial charge < -0.3 is 24.6 Å². The van der Waals surface area contributed by atoms with Crippen LogP contribution in [0.3, 0.4) is 0 Å². The number of hydrogen-bond donors (Lipinski definition) is 1. The van der Waals surface area contributed by atoms with Gasteiger partial charge >= 0.3 is 6.03 Å². The molecule has 1 N–H and O–H groups in total. The van der Waals surface area contributed by atoms with Gasteiger partial charge in [-0.25, -0.2) is 4.79 Å². The molecule has 6 rings (SSSR count). The van der Waals surface area contributed by atoms with E-state index >= 15 is 0 Å². The molecule has 0 unspecified atom stereocenters. The van der Waals surface area contributed by atoms with Crippen molar-refractivity contribution in [1.29, 1.82) is 0 Å². The minimum Gasteiger partial charge on any atom is -0.457 e. The Labute approximate surface area is 238 Å². The standard InChI is InChI=1S/C32H32N4O5/c1-2-35-26-21-36(29(22-10-5-3-6-11-22)31(38)34-16-18-40-19-17-34)30(37)27(26)28(33-32(35)39)23-12-9-15-25(20-23)41-24-13-7-4-8-14-24/h3-15,20,28-29H,2,16-19,21H2,1H3,(H,33,39)/t28-,29-/m0/s1. The summed E-state index contributed by atoms with van der Waals surface area (Å²) in [5.74, 6) is 0.859. The number of carbonyl (C=O) groups is 3. The summed E-state index contributed by atoms with van der Waals surface area (Å²) in [6.07, 6.45) is 0. The molecule has 1 saturated heterocycles. The van der Waals surface area contributed by atoms with Crippen LogP contribution in [0.25, 0.3) is 0 Å². The number of morpholine rings is 1. The second-order valence-corrected chi connectivity index (χ2v) is 10.2. The molecule has 9 nitrogen and oxygen atoms in total. The Balaban J connectivity index is 1.36. The molecule has 0 radical (unpaired) electrons. The number of nitrogens with one attached hydrogen (secondary N) is 1. The SMILES string of the molecule is CCN1C(=O)N[C@@H](c2cccc(Oc3ccccc3)c2)C2=C1CN([C@H](C(=O)N1CCOCC1)c1ccccc1)C2=O. The summed E-state index contributed by atoms with van der Waals surface area (Å²) in [5.41, 5.74) is 2.55. The van der Waals surface area contributed by atoms with Crippen LogP contribution in [0.4, 0.5) is 4.79 Å². The molecule has 3 aromatic rings. The molecular weight excluding hydrogens is 520 g/mol. The lowest BCUT2D eigenvalue weighted by atomic mass is 9.95. The number of urea groups is 1. The number of ether oxygens (including phenoxy) is 2. The highest BCUT2D eigenvalue weighted by molar-refractivity contribution is 6.04. The number of nitrogens with zero attached hydrogens (tertiary/aromatic N) is 3. The van der Waals surface area contributed by atoms with Crippen LogP contribution in [0.1, 0.15) is 30.1 Å². The van der Waals surface area contributed by atoms with Crippen molar-refractivity contribution >= 4 is 17.8 Å². The zero-order chi connectivity index (χ0) is 28.3. The predicted octanol–water partition coefficient (Wildman–Crippen LogP) is 4.26. The quantitative estimate of drug-likeness (QED) is 0.473. The Bertz CT molecular complexity index is 1470. The lowest BCUT2D eigenvalue weighted by molar-refractivity contribution is -0.146. The van der Waals surface area contributed by atoms with Gasteiger partial charge in [-0.15, -0.1) is 0 Å². The molecule has 4 amide bonds. The van der Waals surface area contributed by atoms with Crippen LogP contribution in [-0.2, 0) is 14.3 Å². The fourth-order valence-corrected chi connectivity index (χ4v) is 5.74. The molecule has 3 heterocycles. The van der Waals surface area contributed by atoms with Gasteiger partial charge in [0.25, 0.3) is 5.91 Å². The first-order chi connectivity index (χ1) is 20.0. The smallest absolute Gasteiger partial charge is 0.322 e. The Hall–Kier alpha value is -4.63. The molecule has 1 fully saturated rings. The number of likely N-dealkylation sites (N-methyl/N-ethyl adjacent to an activating group) is 1. The van der Waals surface area contributed by atoms with Gasteiger partial charge in [0.15, 0.2) is 0 Å². The molecule has 41 heavy (non-hydrogen) atoms. The Morgan fingerprint density at radius 3 is 2.34 bits per heavy atom. The summed E-state index contributed by atoms with van der Waals surface area (Å²) in [4.78, 5) is 46.6. The molecule has 3 aliphatic heterocycles. The van der Waals surface area contributed by atoms with Crippen LogP contribution in [0, 0.1) is 0 Å². The van der Waals surface area contributed by atoms with E-state index in [1.165, 1.54) is 0 Å². The van der Waals surface area contributed by atoms with E-state index < -0.39 is 12.1 Å². The first-order valence-electron chi connectivity index (χ1n) is 13.9. The maximum absolute atomic E-state index is 14.3. The predicted molar refractivity (Wildman–Crippen MR) is 152 cm³/mol. The van der Waals surface area contributed by atoms with Gasteiger partial charge in [-0.1, -0.05) is 60.7 Å². The Morgan fingerprint density at radius 1 is 0.951 bits per heavy atom. The Kier molecular flexibility index (Phi) is 7.43. The molecule has 0 aromatic heterocycles. The van der Waals surface area contributed by atoms with E-state index in [4.69, 9.17) is 9.47 Å². The van der Waals surface area contributed by atoms with Gasteiger partial charge in [0, 0.05) is 19.6 Å². The van der Waals surface area contributed by atoms with Crippen molar-refractivity contribution in [3.05, 3.63) is 107 Å². The number of para-hydroxylation sites is 1. The van der Waals surface area contributed by atoms with Crippen LogP contribution in [0.2, 0.25) is 0 Å². The first-order valence-corrected chi connectivity index (χ1v) is 13.9. The van der Waals surface area contributed by atoms with Gasteiger partial charge in [-0.05, 0) is 42.3 Å². The normalized spacial score (nSPS) is 19.6. The van der Waals surface area contributed by atoms with Crippen LogP contribution in [0.5, 0.6) is 11.5 Å². The maximum atomic E-state index is 14.3. The van der Waals surface area contributed by atoms with Crippen molar-refractivity contribution in [2.45, 2.75) is 19.0 Å². The zero-order valence-electron chi connectivity index (χ0n) is 22.9. The molecule has 3 aliphatic rings. The van der Waals surface area contributed by atoms with Gasteiger partial charge in [-0.3, -0.25) is 14.5 Å². The lowest BCUT2D eigenvalue weighted by Crippen LogP contribution is -2.48. The highest BCUT2D eigenvalue weighted by Crippen LogP contribution is 2.41. The molecule has 0 aliphatic carbocycles. The third-order valence-corrected chi connectivity index (χ3v) is 7.72. The fraction of sp³-hybridized carbons (Fsp3) is 0.281. The second-order valence-electron chi connectivity index (χ2n) is 10.2. The molecule has 2 atom stereocenters. The average Bonchev–Trinajstić information content (AvgIpc) is 3.34. The summed E-state index contributed by atoms with van der Waals surface area (Å²) < 4.78 is 11.5. The largest absolute Gasteiger partial charge is 0.457 e. The van der Waals surface area contributed by atoms with Crippen molar-refractivity contribution in [3.63, 3.8) is 0 Å². The molecule has 3 aromatic carbocycles. The van der Waals surface area contributed by atoms with Crippen molar-refractivity contribution < 1.29 is 23.9 Å². The number of amides is 4. The molecule has 0 bridgehead atoms. The van der Waals surface area contributed by atoms with Gasteiger partial charge in [0.1, 0.15) is 17.5 Å². The summed E-state index contributed by atoms with van der Waals surface area (Å²) in [6, 6.07) is 24.4. The first kappa shape index (κ1) is 26.6. The van der Waals surface area contributed by atoms with Gasteiger partial charge in [0.2, 0.25) is 5.91 Å². The molecule has 0 saturated carbocycles. The van der Waals surface area contributed by atoms with Crippen LogP contribution < -0.4 is 10.1 Å². The van der Waals surface area contributed by atoms with E-state index in [0.29, 0.717) is 55.6 Å². The van der Waals surface area contributed by atoms with E-state index in [2.05, 4.69) is 5.32 Å². The summed E-state index contributed by atoms with van der Waals surface area (Å²) >= 11 is 0. The van der Waals surface area contributed by atoms with Crippen LogP contribution in [0.15, 0.2) is 96.2 Å². The summed E-state index contributed by atoms with van der Waals surface area (Å²) in [5, 5.41) is 3.03. The minimum absolute atomic E-state index is 0.148. The fourth-order valence-electron chi connectivity index (χ4n) is 5.74. The number of benzene rings is 3. The third-order valence-electron chi connectivity index (χ3n) is 7.72. The van der Waals surface area contributed by atoms with E-state index in [0.717, 1.165) is 11.1 Å². The van der Waals surface area contributed by atoms with Crippen molar-refractivity contribution in [2.75, 3.05) is 39.4 Å². The number of rotatable bonds is 7. The van der Waals surface area contributed by atoms with E-state index in [9.17, 15) is 14.4 Å². The molecular formula is C32H32N4O5. The molecule has 210 valence electrons. The molecule has 0 spiro atoms. The van der Waals surface area contributed by atoms with Crippen LogP contribution >= 0.6 is 0 Å². The minimum atomic E-state index is -0.824. The van der Waals surface area contributed by atoms with E-state index in [-0.39, 0.29) is 24.4 Å². The molecule has 9 heteroatoms. The Morgan fingerprint density at radius 2 is 1.63 bits per heavy atom. The number of hydrogen-bond acceptors (Lipinski definition) is 5. The monoisotopic (exact) mass is 552 g/mol. The van der Waals surface area contributed by atoms with Gasteiger partial charge in [-0.2, -0.15) is 0 Å². The highest BCUT2D eigenvalue weighted by Gasteiger charge is 2.48. The maximum Gasteiger partial charge on any atom is 0.322 e. The average molecular weight is 553 g/mol. The summed E-state index contributed by atoms with van der Waals surface area (Å²) in [7, 11) is 0. The zero-order valence-corrected chi connectivity index (χ0v) is 22.9.